The van der Waals surface area contributed by atoms with Crippen molar-refractivity contribution in [3.05, 3.63) is 19.0 Å². The van der Waals surface area contributed by atoms with Gasteiger partial charge in [-0.25, -0.2) is 9.37 Å². The number of carbonyl (C=O) groups excluding carboxylic acids is 1. The van der Waals surface area contributed by atoms with Crippen molar-refractivity contribution in [2.24, 2.45) is 0 Å². The lowest BCUT2D eigenvalue weighted by Gasteiger charge is -2.25. The van der Waals surface area contributed by atoms with E-state index in [-0.39, 0.29) is 17.7 Å². The number of nitrogen functional groups attached to an aromatic ring is 1. The summed E-state index contributed by atoms with van der Waals surface area (Å²) < 4.78 is 45.3. The molecule has 186 valence electrons. The summed E-state index contributed by atoms with van der Waals surface area (Å²) in [7, 11) is -0.935. The molecule has 5 N–H and O–H groups in total. The van der Waals surface area contributed by atoms with E-state index in [1.807, 2.05) is 0 Å². The molecule has 1 saturated heterocycles. The van der Waals surface area contributed by atoms with E-state index in [1.54, 1.807) is 20.9 Å². The third-order valence-electron chi connectivity index (χ3n) is 5.09. The first-order chi connectivity index (χ1) is 16.0. The fourth-order valence-electron chi connectivity index (χ4n) is 3.41. The fraction of sp³-hybridized carbons (Fsp3) is 0.579. The SMILES string of the molecule is C=C[C@@]1(F)[C@H](O)[C@@H](CO[P+](=O)N[C@@H](C)C(=O)OC(C)C)O[C@H]1n1cnc2c(NC)nc(N)nc21. The van der Waals surface area contributed by atoms with Gasteiger partial charge >= 0.3 is 14.1 Å². The predicted octanol–water partition coefficient (Wildman–Crippen LogP) is 1.21. The molecule has 0 bridgehead atoms. The topological polar surface area (TPSA) is 176 Å². The van der Waals surface area contributed by atoms with Crippen molar-refractivity contribution in [2.45, 2.75) is 57.0 Å². The molecule has 34 heavy (non-hydrogen) atoms. The number of anilines is 2. The van der Waals surface area contributed by atoms with Gasteiger partial charge < -0.3 is 25.6 Å². The van der Waals surface area contributed by atoms with Crippen LogP contribution in [0.25, 0.3) is 11.2 Å². The van der Waals surface area contributed by atoms with Gasteiger partial charge in [0.25, 0.3) is 0 Å². The predicted molar refractivity (Wildman–Crippen MR) is 121 cm³/mol. The average Bonchev–Trinajstić information content (AvgIpc) is 3.30. The number of imidazole rings is 1. The van der Waals surface area contributed by atoms with Crippen LogP contribution in [-0.4, -0.2) is 74.3 Å². The first-order valence-electron chi connectivity index (χ1n) is 10.4. The Morgan fingerprint density at radius 2 is 2.21 bits per heavy atom. The van der Waals surface area contributed by atoms with Gasteiger partial charge in [0.05, 0.1) is 12.4 Å². The average molecular weight is 500 g/mol. The molecule has 0 amide bonds. The maximum Gasteiger partial charge on any atom is 0.613 e. The molecule has 1 unspecified atom stereocenters. The summed E-state index contributed by atoms with van der Waals surface area (Å²) in [5.41, 5.74) is 3.77. The number of aromatic nitrogens is 4. The molecule has 3 rings (SSSR count). The highest BCUT2D eigenvalue weighted by atomic mass is 31.1. The minimum absolute atomic E-state index is 0.0757. The highest BCUT2D eigenvalue weighted by Gasteiger charge is 2.57. The molecule has 15 heteroatoms. The molecule has 0 aliphatic carbocycles. The van der Waals surface area contributed by atoms with Crippen LogP contribution in [0.1, 0.15) is 27.0 Å². The zero-order chi connectivity index (χ0) is 25.2. The summed E-state index contributed by atoms with van der Waals surface area (Å²) in [5, 5.41) is 15.9. The third kappa shape index (κ3) is 5.00. The molecule has 1 aliphatic rings. The van der Waals surface area contributed by atoms with Gasteiger partial charge in [-0.2, -0.15) is 9.97 Å². The van der Waals surface area contributed by atoms with Crippen LogP contribution in [0, 0.1) is 0 Å². The van der Waals surface area contributed by atoms with E-state index >= 15 is 4.39 Å². The maximum atomic E-state index is 15.8. The fourth-order valence-corrected chi connectivity index (χ4v) is 4.19. The van der Waals surface area contributed by atoms with Crippen molar-refractivity contribution >= 4 is 37.1 Å². The third-order valence-corrected chi connectivity index (χ3v) is 6.07. The van der Waals surface area contributed by atoms with Crippen LogP contribution in [0.3, 0.4) is 0 Å². The summed E-state index contributed by atoms with van der Waals surface area (Å²) in [6, 6.07) is -0.912. The lowest BCUT2D eigenvalue weighted by Crippen LogP contribution is -2.41. The van der Waals surface area contributed by atoms with Gasteiger partial charge in [-0.15, -0.1) is 4.52 Å². The smallest absolute Gasteiger partial charge is 0.462 e. The van der Waals surface area contributed by atoms with E-state index in [4.69, 9.17) is 19.7 Å². The lowest BCUT2D eigenvalue weighted by atomic mass is 9.96. The Morgan fingerprint density at radius 1 is 1.50 bits per heavy atom. The number of rotatable bonds is 10. The molecule has 0 saturated carbocycles. The molecule has 0 aromatic carbocycles. The zero-order valence-corrected chi connectivity index (χ0v) is 20.0. The molecule has 13 nitrogen and oxygen atoms in total. The molecule has 1 aliphatic heterocycles. The number of nitrogens with two attached hydrogens (primary N) is 1. The number of carbonyl (C=O) groups is 1. The molecule has 1 fully saturated rings. The number of hydrogen-bond donors (Lipinski definition) is 4. The van der Waals surface area contributed by atoms with Crippen molar-refractivity contribution in [1.29, 1.82) is 0 Å². The summed E-state index contributed by atoms with van der Waals surface area (Å²) >= 11 is 0. The Hall–Kier alpha value is -2.77. The van der Waals surface area contributed by atoms with Crippen LogP contribution < -0.4 is 16.1 Å². The molecule has 2 aromatic rings. The molecule has 3 heterocycles. The van der Waals surface area contributed by atoms with Crippen molar-refractivity contribution in [2.75, 3.05) is 24.7 Å². The molecule has 2 aromatic heterocycles. The second kappa shape index (κ2) is 10.2. The summed E-state index contributed by atoms with van der Waals surface area (Å²) in [6.07, 6.45) is -2.52. The number of halogens is 1. The van der Waals surface area contributed by atoms with Crippen molar-refractivity contribution in [3.63, 3.8) is 0 Å². The van der Waals surface area contributed by atoms with Crippen LogP contribution >= 0.6 is 8.18 Å². The van der Waals surface area contributed by atoms with E-state index in [0.29, 0.717) is 11.3 Å². The molecule has 0 radical (unpaired) electrons. The number of ether oxygens (including phenoxy) is 2. The number of fused-ring (bicyclic) bond motifs is 1. The Kier molecular flexibility index (Phi) is 7.78. The summed E-state index contributed by atoms with van der Waals surface area (Å²) in [6.45, 7) is 7.86. The maximum absolute atomic E-state index is 15.8. The van der Waals surface area contributed by atoms with Gasteiger partial charge in [-0.1, -0.05) is 11.7 Å². The Bertz CT molecular complexity index is 1080. The molecule has 6 atom stereocenters. The molecular formula is C19H28FN7O6P+. The van der Waals surface area contributed by atoms with E-state index in [2.05, 4.69) is 31.9 Å². The van der Waals surface area contributed by atoms with Crippen molar-refractivity contribution < 1.29 is 32.9 Å². The number of aliphatic hydroxyl groups is 1. The second-order valence-electron chi connectivity index (χ2n) is 7.90. The van der Waals surface area contributed by atoms with E-state index < -0.39 is 50.9 Å². The Morgan fingerprint density at radius 3 is 2.82 bits per heavy atom. The lowest BCUT2D eigenvalue weighted by molar-refractivity contribution is -0.149. The van der Waals surface area contributed by atoms with Gasteiger partial charge in [0, 0.05) is 7.05 Å². The summed E-state index contributed by atoms with van der Waals surface area (Å²) in [4.78, 5) is 24.2. The summed E-state index contributed by atoms with van der Waals surface area (Å²) in [5.74, 6) is -0.355. The van der Waals surface area contributed by atoms with Crippen LogP contribution in [0.2, 0.25) is 0 Å². The number of nitrogens with zero attached hydrogens (tertiary/aromatic N) is 4. The van der Waals surface area contributed by atoms with E-state index in [0.717, 1.165) is 6.08 Å². The Labute approximate surface area is 195 Å². The first-order valence-corrected chi connectivity index (χ1v) is 11.6. The van der Waals surface area contributed by atoms with Gasteiger partial charge in [0.1, 0.15) is 24.9 Å². The minimum atomic E-state index is -2.55. The number of alkyl halides is 1. The van der Waals surface area contributed by atoms with E-state index in [9.17, 15) is 14.5 Å². The Balaban J connectivity index is 1.75. The molecule has 0 spiro atoms. The highest BCUT2D eigenvalue weighted by molar-refractivity contribution is 7.36. The van der Waals surface area contributed by atoms with Crippen LogP contribution in [0.4, 0.5) is 16.2 Å². The largest absolute Gasteiger partial charge is 0.613 e. The molecular weight excluding hydrogens is 472 g/mol. The van der Waals surface area contributed by atoms with Gasteiger partial charge in [0.15, 0.2) is 23.2 Å². The van der Waals surface area contributed by atoms with Crippen LogP contribution in [0.5, 0.6) is 0 Å². The minimum Gasteiger partial charge on any atom is -0.462 e. The van der Waals surface area contributed by atoms with Gasteiger partial charge in [0.2, 0.25) is 11.6 Å². The number of hydrogen-bond acceptors (Lipinski definition) is 11. The van der Waals surface area contributed by atoms with Crippen molar-refractivity contribution in [3.8, 4) is 0 Å². The highest BCUT2D eigenvalue weighted by Crippen LogP contribution is 2.44. The van der Waals surface area contributed by atoms with E-state index in [1.165, 1.54) is 17.8 Å². The van der Waals surface area contributed by atoms with Gasteiger partial charge in [-0.05, 0) is 31.4 Å². The normalized spacial score (nSPS) is 26.0. The standard InChI is InChI=1S/C19H28FN7O6P/c1-6-19(20)13(28)11(7-31-34(30)26-10(4)16(29)32-9(2)3)33-17(19)27-8-23-12-14(22-5)24-18(21)25-15(12)27/h6,8-11,13,17,28H,1,7H2,2-5H3,(H,26,30)(H3,21,22,24,25)/q+1/t10-,11+,13+,17+,19+/m0/s1. The second-order valence-corrected chi connectivity index (χ2v) is 8.93. The first kappa shape index (κ1) is 25.8. The number of esters is 1. The monoisotopic (exact) mass is 500 g/mol. The van der Waals surface area contributed by atoms with Crippen LogP contribution in [0.15, 0.2) is 19.0 Å². The number of aliphatic hydroxyl groups excluding tert-OH is 1. The van der Waals surface area contributed by atoms with Crippen molar-refractivity contribution in [1.82, 2.24) is 24.6 Å². The quantitative estimate of drug-likeness (QED) is 0.209. The zero-order valence-electron chi connectivity index (χ0n) is 19.1. The van der Waals surface area contributed by atoms with Gasteiger partial charge in [-0.3, -0.25) is 9.36 Å². The van der Waals surface area contributed by atoms with Crippen LogP contribution in [-0.2, 0) is 23.4 Å². The number of nitrogens with one attached hydrogen (secondary N) is 2.